The molecule has 3 fully saturated rings. The fourth-order valence-electron chi connectivity index (χ4n) is 6.15. The number of benzene rings is 1. The van der Waals surface area contributed by atoms with E-state index in [0.717, 1.165) is 85.0 Å². The van der Waals surface area contributed by atoms with Crippen molar-refractivity contribution in [1.29, 1.82) is 0 Å². The van der Waals surface area contributed by atoms with E-state index in [4.69, 9.17) is 15.5 Å². The Balaban J connectivity index is 1.01. The molecule has 0 unspecified atom stereocenters. The first-order valence-electron chi connectivity index (χ1n) is 14.6. The molecule has 2 aromatic rings. The highest BCUT2D eigenvalue weighted by Crippen LogP contribution is 2.39. The van der Waals surface area contributed by atoms with Crippen LogP contribution in [-0.2, 0) is 29.1 Å². The number of carbonyl (C=O) groups is 2. The number of allylic oxidation sites excluding steroid dienone is 1. The molecular formula is C30H40N6O3S. The zero-order valence-electron chi connectivity index (χ0n) is 23.1. The first-order valence-corrected chi connectivity index (χ1v) is 15.4. The Morgan fingerprint density at radius 2 is 1.77 bits per heavy atom. The minimum Gasteiger partial charge on any atom is -0.445 e. The topological polar surface area (TPSA) is 104 Å². The lowest BCUT2D eigenvalue weighted by Gasteiger charge is -2.40. The Morgan fingerprint density at radius 1 is 1.05 bits per heavy atom. The summed E-state index contributed by atoms with van der Waals surface area (Å²) in [6, 6.07) is 9.74. The van der Waals surface area contributed by atoms with E-state index in [-0.39, 0.29) is 36.1 Å². The van der Waals surface area contributed by atoms with Crippen LogP contribution in [0.5, 0.6) is 0 Å². The van der Waals surface area contributed by atoms with Crippen LogP contribution in [0.15, 0.2) is 42.6 Å². The molecule has 2 aliphatic carbocycles. The standard InChI is InChI=1S/C30H40N6O3S/c1-21(33-30(31)12-13-30)23-9-5-6-10-24(23)27(37)34-15-17-35(18-16-34)28-32-25-11-14-36(19-26(25)40-28)29(38)39-20-22-7-3-2-4-8-22/h2-4,7-8,23-24,33H,1,5-6,9-20,31H2/t23-,24+/m0/s1. The van der Waals surface area contributed by atoms with Crippen molar-refractivity contribution in [2.45, 2.75) is 63.8 Å². The number of ether oxygens (including phenoxy) is 1. The third-order valence-corrected chi connectivity index (χ3v) is 9.92. The van der Waals surface area contributed by atoms with Crippen LogP contribution in [0.1, 0.15) is 54.7 Å². The van der Waals surface area contributed by atoms with Crippen LogP contribution in [0.4, 0.5) is 9.93 Å². The number of aromatic nitrogens is 1. The van der Waals surface area contributed by atoms with Gasteiger partial charge in [-0.3, -0.25) is 4.79 Å². The molecule has 0 spiro atoms. The summed E-state index contributed by atoms with van der Waals surface area (Å²) in [6.45, 7) is 8.65. The lowest BCUT2D eigenvalue weighted by molar-refractivity contribution is -0.138. The number of piperazine rings is 1. The lowest BCUT2D eigenvalue weighted by Crippen LogP contribution is -2.52. The highest BCUT2D eigenvalue weighted by atomic mass is 32.1. The lowest BCUT2D eigenvalue weighted by atomic mass is 9.76. The molecule has 40 heavy (non-hydrogen) atoms. The number of hydrogen-bond donors (Lipinski definition) is 2. The third-order valence-electron chi connectivity index (χ3n) is 8.77. The van der Waals surface area contributed by atoms with Gasteiger partial charge < -0.3 is 30.5 Å². The summed E-state index contributed by atoms with van der Waals surface area (Å²) < 4.78 is 5.55. The maximum atomic E-state index is 13.6. The van der Waals surface area contributed by atoms with Gasteiger partial charge in [-0.1, -0.05) is 61.1 Å². The fourth-order valence-corrected chi connectivity index (χ4v) is 7.33. The smallest absolute Gasteiger partial charge is 0.410 e. The summed E-state index contributed by atoms with van der Waals surface area (Å²) in [5, 5.41) is 4.42. The predicted molar refractivity (Wildman–Crippen MR) is 156 cm³/mol. The van der Waals surface area contributed by atoms with Gasteiger partial charge in [0.15, 0.2) is 5.13 Å². The molecule has 6 rings (SSSR count). The van der Waals surface area contributed by atoms with Crippen molar-refractivity contribution < 1.29 is 14.3 Å². The fraction of sp³-hybridized carbons (Fsp3) is 0.567. The van der Waals surface area contributed by atoms with Gasteiger partial charge in [0, 0.05) is 61.6 Å². The predicted octanol–water partition coefficient (Wildman–Crippen LogP) is 3.85. The van der Waals surface area contributed by atoms with Crippen molar-refractivity contribution in [2.75, 3.05) is 37.6 Å². The van der Waals surface area contributed by atoms with Gasteiger partial charge in [0.05, 0.1) is 17.9 Å². The first kappa shape index (κ1) is 27.1. The van der Waals surface area contributed by atoms with Crippen LogP contribution in [0, 0.1) is 11.8 Å². The van der Waals surface area contributed by atoms with E-state index in [9.17, 15) is 9.59 Å². The zero-order valence-corrected chi connectivity index (χ0v) is 24.0. The monoisotopic (exact) mass is 564 g/mol. The Morgan fingerprint density at radius 3 is 2.50 bits per heavy atom. The van der Waals surface area contributed by atoms with E-state index < -0.39 is 0 Å². The molecule has 0 radical (unpaired) electrons. The number of nitrogens with two attached hydrogens (primary N) is 1. The summed E-state index contributed by atoms with van der Waals surface area (Å²) >= 11 is 1.66. The Labute approximate surface area is 240 Å². The number of hydrogen-bond acceptors (Lipinski definition) is 8. The number of rotatable bonds is 7. The molecule has 1 aromatic heterocycles. The summed E-state index contributed by atoms with van der Waals surface area (Å²) in [7, 11) is 0. The Hall–Kier alpha value is -3.11. The van der Waals surface area contributed by atoms with Gasteiger partial charge in [-0.25, -0.2) is 9.78 Å². The second-order valence-electron chi connectivity index (χ2n) is 11.7. The number of nitrogens with zero attached hydrogens (tertiary/aromatic N) is 4. The maximum Gasteiger partial charge on any atom is 0.410 e. The van der Waals surface area contributed by atoms with Crippen molar-refractivity contribution in [2.24, 2.45) is 17.6 Å². The molecule has 214 valence electrons. The second-order valence-corrected chi connectivity index (χ2v) is 12.8. The quantitative estimate of drug-likeness (QED) is 0.493. The van der Waals surface area contributed by atoms with Crippen LogP contribution in [0.25, 0.3) is 0 Å². The van der Waals surface area contributed by atoms with E-state index in [2.05, 4.69) is 16.8 Å². The Kier molecular flexibility index (Phi) is 7.72. The van der Waals surface area contributed by atoms with E-state index >= 15 is 0 Å². The van der Waals surface area contributed by atoms with Gasteiger partial charge in [-0.15, -0.1) is 0 Å². The van der Waals surface area contributed by atoms with Gasteiger partial charge in [0.25, 0.3) is 0 Å². The maximum absolute atomic E-state index is 13.6. The van der Waals surface area contributed by atoms with Gasteiger partial charge in [-0.2, -0.15) is 0 Å². The van der Waals surface area contributed by atoms with Crippen molar-refractivity contribution in [3.63, 3.8) is 0 Å². The van der Waals surface area contributed by atoms with Gasteiger partial charge in [0.2, 0.25) is 5.91 Å². The number of fused-ring (bicyclic) bond motifs is 1. The molecule has 2 amide bonds. The molecule has 0 bridgehead atoms. The number of anilines is 1. The van der Waals surface area contributed by atoms with Crippen molar-refractivity contribution in [3.8, 4) is 0 Å². The highest BCUT2D eigenvalue weighted by molar-refractivity contribution is 7.15. The molecule has 3 heterocycles. The van der Waals surface area contributed by atoms with Crippen LogP contribution in [0.3, 0.4) is 0 Å². The van der Waals surface area contributed by atoms with Crippen molar-refractivity contribution >= 4 is 28.5 Å². The molecule has 2 saturated carbocycles. The second kappa shape index (κ2) is 11.4. The third kappa shape index (κ3) is 5.98. The van der Waals surface area contributed by atoms with Crippen LogP contribution >= 0.6 is 11.3 Å². The van der Waals surface area contributed by atoms with E-state index in [1.54, 1.807) is 16.2 Å². The molecule has 2 aliphatic heterocycles. The van der Waals surface area contributed by atoms with Crippen LogP contribution in [0.2, 0.25) is 0 Å². The summed E-state index contributed by atoms with van der Waals surface area (Å²) in [5.74, 6) is 0.410. The first-order chi connectivity index (χ1) is 19.4. The Bertz CT molecular complexity index is 1240. The number of thiazole rings is 1. The molecule has 9 nitrogen and oxygen atoms in total. The molecule has 4 aliphatic rings. The molecule has 1 aromatic carbocycles. The summed E-state index contributed by atoms with van der Waals surface area (Å²) in [5.41, 5.74) is 8.98. The molecule has 1 saturated heterocycles. The zero-order chi connectivity index (χ0) is 27.7. The molecule has 2 atom stereocenters. The van der Waals surface area contributed by atoms with Gasteiger partial charge in [0.1, 0.15) is 6.61 Å². The summed E-state index contributed by atoms with van der Waals surface area (Å²) in [4.78, 5) is 38.5. The molecule has 3 N–H and O–H groups in total. The number of carbonyl (C=O) groups excluding carboxylic acids is 2. The van der Waals surface area contributed by atoms with Crippen molar-refractivity contribution in [3.05, 3.63) is 58.7 Å². The normalized spacial score (nSPS) is 23.8. The van der Waals surface area contributed by atoms with Gasteiger partial charge >= 0.3 is 6.09 Å². The van der Waals surface area contributed by atoms with Crippen LogP contribution < -0.4 is 16.0 Å². The molecular weight excluding hydrogens is 524 g/mol. The number of nitrogens with one attached hydrogen (secondary N) is 1. The van der Waals surface area contributed by atoms with E-state index in [1.165, 1.54) is 0 Å². The average molecular weight is 565 g/mol. The minimum absolute atomic E-state index is 0.0116. The van der Waals surface area contributed by atoms with Crippen molar-refractivity contribution in [1.82, 2.24) is 20.1 Å². The largest absolute Gasteiger partial charge is 0.445 e. The summed E-state index contributed by atoms with van der Waals surface area (Å²) in [6.07, 6.45) is 6.54. The molecule has 10 heteroatoms. The average Bonchev–Trinajstić information content (AvgIpc) is 3.55. The van der Waals surface area contributed by atoms with Crippen LogP contribution in [-0.4, -0.2) is 65.2 Å². The highest BCUT2D eigenvalue weighted by Gasteiger charge is 2.42. The van der Waals surface area contributed by atoms with E-state index in [1.807, 2.05) is 35.2 Å². The minimum atomic E-state index is -0.305. The number of amides is 2. The van der Waals surface area contributed by atoms with Gasteiger partial charge in [-0.05, 0) is 31.2 Å². The SMILES string of the molecule is C=C(NC1(N)CC1)[C@@H]1CCCC[C@H]1C(=O)N1CCN(c2nc3c(s2)CN(C(=O)OCc2ccccc2)CC3)CC1. The van der Waals surface area contributed by atoms with E-state index in [0.29, 0.717) is 26.2 Å².